The van der Waals surface area contributed by atoms with E-state index in [0.717, 1.165) is 63.5 Å². The number of anilines is 2. The van der Waals surface area contributed by atoms with Crippen LogP contribution in [0.25, 0.3) is 0 Å². The molecule has 10 heteroatoms. The predicted molar refractivity (Wildman–Crippen MR) is 174 cm³/mol. The Morgan fingerprint density at radius 3 is 2.45 bits per heavy atom. The van der Waals surface area contributed by atoms with E-state index in [1.165, 1.54) is 15.7 Å². The number of likely N-dealkylation sites (N-methyl/N-ethyl adjacent to an activating group) is 1. The van der Waals surface area contributed by atoms with Crippen LogP contribution in [0.15, 0.2) is 65.6 Å². The zero-order valence-corrected chi connectivity index (χ0v) is 26.2. The summed E-state index contributed by atoms with van der Waals surface area (Å²) in [5, 5.41) is 6.24. The van der Waals surface area contributed by atoms with Crippen LogP contribution in [-0.4, -0.2) is 78.5 Å². The van der Waals surface area contributed by atoms with Gasteiger partial charge in [-0.25, -0.2) is 0 Å². The van der Waals surface area contributed by atoms with Crippen LogP contribution in [0.1, 0.15) is 47.8 Å². The number of imide groups is 1. The normalized spacial score (nSPS) is 23.4. The first-order valence-corrected chi connectivity index (χ1v) is 15.9. The molecular weight excluding hydrogens is 576 g/mol. The van der Waals surface area contributed by atoms with E-state index >= 15 is 0 Å². The number of piperazine rings is 1. The average molecular weight is 617 g/mol. The van der Waals surface area contributed by atoms with Gasteiger partial charge in [0.1, 0.15) is 5.02 Å². The van der Waals surface area contributed by atoms with Crippen LogP contribution < -0.4 is 21.1 Å². The number of pyridine rings is 1. The molecule has 1 unspecified atom stereocenters. The van der Waals surface area contributed by atoms with Gasteiger partial charge >= 0.3 is 0 Å². The molecular formula is C34H41ClN6O3. The van der Waals surface area contributed by atoms with Crippen molar-refractivity contribution in [3.63, 3.8) is 0 Å². The maximum Gasteiger partial charge on any atom is 0.271 e. The summed E-state index contributed by atoms with van der Waals surface area (Å²) >= 11 is 6.35. The molecule has 3 atom stereocenters. The van der Waals surface area contributed by atoms with E-state index in [4.69, 9.17) is 11.6 Å². The fraction of sp³-hybridized carbons (Fsp3) is 0.441. The van der Waals surface area contributed by atoms with Gasteiger partial charge in [-0.3, -0.25) is 24.6 Å². The zero-order valence-electron chi connectivity index (χ0n) is 25.5. The van der Waals surface area contributed by atoms with Crippen LogP contribution in [0.5, 0.6) is 0 Å². The van der Waals surface area contributed by atoms with Crippen molar-refractivity contribution in [2.24, 2.45) is 7.05 Å². The van der Waals surface area contributed by atoms with Gasteiger partial charge in [0.25, 0.3) is 5.56 Å². The van der Waals surface area contributed by atoms with Crippen molar-refractivity contribution in [1.82, 2.24) is 19.7 Å². The van der Waals surface area contributed by atoms with Crippen molar-refractivity contribution in [2.75, 3.05) is 56.5 Å². The fourth-order valence-electron chi connectivity index (χ4n) is 6.86. The highest BCUT2D eigenvalue weighted by Gasteiger charge is 2.29. The quantitative estimate of drug-likeness (QED) is 0.391. The molecule has 2 aromatic carbocycles. The van der Waals surface area contributed by atoms with Crippen molar-refractivity contribution in [1.29, 1.82) is 0 Å². The van der Waals surface area contributed by atoms with Gasteiger partial charge in [-0.2, -0.15) is 0 Å². The maximum atomic E-state index is 12.4. The van der Waals surface area contributed by atoms with Crippen LogP contribution in [0.3, 0.4) is 0 Å². The van der Waals surface area contributed by atoms with Gasteiger partial charge in [0.2, 0.25) is 11.8 Å². The number of likely N-dealkylation sites (tertiary alicyclic amines) is 1. The second-order valence-corrected chi connectivity index (χ2v) is 12.9. The summed E-state index contributed by atoms with van der Waals surface area (Å²) < 4.78 is 1.50. The SMILES string of the molecule is CN1C[C@H](Nc2ccn(C)c(=O)c2Cl)C[C@H](c2ccc(CN3CCN(c4cccc(C5CCC(=O)NC5=O)c4)CC3)cc2)C1. The number of carbonyl (C=O) groups is 2. The van der Waals surface area contributed by atoms with Crippen LogP contribution in [0.4, 0.5) is 11.4 Å². The number of nitrogens with one attached hydrogen (secondary N) is 2. The third-order valence-corrected chi connectivity index (χ3v) is 9.67. The van der Waals surface area contributed by atoms with Gasteiger partial charge in [-0.1, -0.05) is 48.0 Å². The summed E-state index contributed by atoms with van der Waals surface area (Å²) in [4.78, 5) is 43.4. The fourth-order valence-corrected chi connectivity index (χ4v) is 7.11. The van der Waals surface area contributed by atoms with Crippen molar-refractivity contribution < 1.29 is 9.59 Å². The van der Waals surface area contributed by atoms with Crippen LogP contribution in [0, 0.1) is 0 Å². The van der Waals surface area contributed by atoms with Crippen molar-refractivity contribution in [2.45, 2.75) is 43.7 Å². The molecule has 9 nitrogen and oxygen atoms in total. The summed E-state index contributed by atoms with van der Waals surface area (Å²) in [7, 11) is 3.85. The lowest BCUT2D eigenvalue weighted by atomic mass is 9.87. The summed E-state index contributed by atoms with van der Waals surface area (Å²) in [5.41, 5.74) is 5.28. The summed E-state index contributed by atoms with van der Waals surface area (Å²) in [6.07, 6.45) is 3.69. The molecule has 3 aromatic rings. The average Bonchev–Trinajstić information content (AvgIpc) is 3.02. The number of benzene rings is 2. The molecule has 0 radical (unpaired) electrons. The molecule has 44 heavy (non-hydrogen) atoms. The van der Waals surface area contributed by atoms with Gasteiger partial charge in [-0.15, -0.1) is 0 Å². The number of rotatable bonds is 7. The Balaban J connectivity index is 1.02. The Bertz CT molecular complexity index is 1570. The number of nitrogens with zero attached hydrogens (tertiary/aromatic N) is 4. The third kappa shape index (κ3) is 6.85. The molecule has 0 saturated carbocycles. The largest absolute Gasteiger partial charge is 0.380 e. The van der Waals surface area contributed by atoms with Crippen LogP contribution >= 0.6 is 11.6 Å². The molecule has 3 saturated heterocycles. The molecule has 232 valence electrons. The number of hydrogen-bond donors (Lipinski definition) is 2. The molecule has 0 spiro atoms. The van der Waals surface area contributed by atoms with E-state index in [9.17, 15) is 14.4 Å². The molecule has 2 N–H and O–H groups in total. The minimum absolute atomic E-state index is 0.180. The molecule has 3 aliphatic heterocycles. The van der Waals surface area contributed by atoms with Crippen molar-refractivity contribution in [3.05, 3.63) is 92.9 Å². The Labute approximate surface area is 263 Å². The number of hydrogen-bond acceptors (Lipinski definition) is 7. The van der Waals surface area contributed by atoms with E-state index in [1.54, 1.807) is 13.2 Å². The summed E-state index contributed by atoms with van der Waals surface area (Å²) in [5.74, 6) is -0.233. The topological polar surface area (TPSA) is 89.9 Å². The Hall–Kier alpha value is -3.66. The Morgan fingerprint density at radius 2 is 1.70 bits per heavy atom. The van der Waals surface area contributed by atoms with Crippen LogP contribution in [-0.2, 0) is 23.2 Å². The van der Waals surface area contributed by atoms with Gasteiger partial charge in [-0.05, 0) is 60.7 Å². The number of aryl methyl sites for hydroxylation is 1. The number of amides is 2. The highest BCUT2D eigenvalue weighted by Crippen LogP contribution is 2.31. The van der Waals surface area contributed by atoms with Gasteiger partial charge in [0, 0.05) is 77.2 Å². The smallest absolute Gasteiger partial charge is 0.271 e. The third-order valence-electron chi connectivity index (χ3n) is 9.31. The first-order chi connectivity index (χ1) is 21.2. The molecule has 2 amide bonds. The van der Waals surface area contributed by atoms with E-state index in [2.05, 4.69) is 68.8 Å². The predicted octanol–water partition coefficient (Wildman–Crippen LogP) is 3.78. The summed E-state index contributed by atoms with van der Waals surface area (Å²) in [6.45, 7) is 6.60. The highest BCUT2D eigenvalue weighted by molar-refractivity contribution is 6.33. The van der Waals surface area contributed by atoms with Crippen LogP contribution in [0.2, 0.25) is 5.02 Å². The minimum atomic E-state index is -0.258. The monoisotopic (exact) mass is 616 g/mol. The lowest BCUT2D eigenvalue weighted by Crippen LogP contribution is -2.46. The van der Waals surface area contributed by atoms with E-state index in [0.29, 0.717) is 24.4 Å². The molecule has 3 aliphatic rings. The molecule has 0 aliphatic carbocycles. The lowest BCUT2D eigenvalue weighted by molar-refractivity contribution is -0.134. The Kier molecular flexibility index (Phi) is 9.07. The summed E-state index contributed by atoms with van der Waals surface area (Å²) in [6, 6.07) is 19.4. The first-order valence-electron chi connectivity index (χ1n) is 15.5. The van der Waals surface area contributed by atoms with E-state index in [1.807, 2.05) is 18.2 Å². The van der Waals surface area contributed by atoms with Gasteiger partial charge < -0.3 is 19.7 Å². The number of piperidine rings is 2. The highest BCUT2D eigenvalue weighted by atomic mass is 35.5. The maximum absolute atomic E-state index is 12.4. The number of aromatic nitrogens is 1. The van der Waals surface area contributed by atoms with Gasteiger partial charge in [0.05, 0.1) is 11.6 Å². The minimum Gasteiger partial charge on any atom is -0.380 e. The van der Waals surface area contributed by atoms with Crippen molar-refractivity contribution >= 4 is 34.8 Å². The standard InChI is InChI=1S/C34H41ClN6O3/c1-38-21-26(18-27(22-38)36-30-12-13-39(2)34(44)32(30)35)24-8-6-23(7-9-24)20-40-14-16-41(17-15-40)28-5-3-4-25(19-28)29-10-11-31(42)37-33(29)43/h3-9,12-13,19,26-27,29,36H,10-11,14-18,20-22H2,1-2H3,(H,37,42,43)/t26-,27+,29?/m0/s1. The second-order valence-electron chi connectivity index (χ2n) is 12.6. The molecule has 4 heterocycles. The zero-order chi connectivity index (χ0) is 30.8. The van der Waals surface area contributed by atoms with E-state index < -0.39 is 0 Å². The second kappa shape index (κ2) is 13.1. The molecule has 1 aromatic heterocycles. The Morgan fingerprint density at radius 1 is 0.932 bits per heavy atom. The van der Waals surface area contributed by atoms with Crippen molar-refractivity contribution in [3.8, 4) is 0 Å². The molecule has 0 bridgehead atoms. The number of carbonyl (C=O) groups excluding carboxylic acids is 2. The molecule has 6 rings (SSSR count). The lowest BCUT2D eigenvalue weighted by Gasteiger charge is -2.37. The van der Waals surface area contributed by atoms with Gasteiger partial charge in [0.15, 0.2) is 0 Å². The molecule has 3 fully saturated rings. The first kappa shape index (κ1) is 30.4. The number of halogens is 1. The van der Waals surface area contributed by atoms with E-state index in [-0.39, 0.29) is 34.4 Å².